The van der Waals surface area contributed by atoms with E-state index in [1.54, 1.807) is 44.2 Å². The Hall–Kier alpha value is -4.27. The third kappa shape index (κ3) is 4.98. The van der Waals surface area contributed by atoms with Crippen molar-refractivity contribution in [2.24, 2.45) is 5.92 Å². The normalized spacial score (nSPS) is 13.5. The predicted octanol–water partition coefficient (Wildman–Crippen LogP) is 5.34. The van der Waals surface area contributed by atoms with Crippen molar-refractivity contribution < 1.29 is 28.3 Å². The van der Waals surface area contributed by atoms with Crippen LogP contribution >= 0.6 is 0 Å². The fraction of sp³-hybridized carbons (Fsp3) is 0.192. The number of rotatable bonds is 6. The van der Waals surface area contributed by atoms with Crippen LogP contribution in [0.4, 0.5) is 25.0 Å². The molecule has 0 saturated heterocycles. The minimum absolute atomic E-state index is 0.109. The number of aliphatic carboxylic acids is 1. The van der Waals surface area contributed by atoms with E-state index in [-0.39, 0.29) is 24.1 Å². The number of carboxylic acids is 1. The van der Waals surface area contributed by atoms with Gasteiger partial charge in [-0.15, -0.1) is 0 Å². The number of hydrogen-bond donors (Lipinski definition) is 3. The predicted molar refractivity (Wildman–Crippen MR) is 127 cm³/mol. The van der Waals surface area contributed by atoms with Crippen LogP contribution in [0, 0.1) is 17.6 Å². The van der Waals surface area contributed by atoms with Crippen LogP contribution in [0.2, 0.25) is 0 Å². The Morgan fingerprint density at radius 3 is 2.14 bits per heavy atom. The molecule has 0 aromatic heterocycles. The summed E-state index contributed by atoms with van der Waals surface area (Å²) in [4.78, 5) is 38.2. The number of carbonyl (C=O) groups excluding carboxylic acids is 2. The highest BCUT2D eigenvalue weighted by molar-refractivity contribution is 6.02. The maximum absolute atomic E-state index is 13.3. The van der Waals surface area contributed by atoms with Crippen molar-refractivity contribution in [3.8, 4) is 11.1 Å². The Kier molecular flexibility index (Phi) is 6.50. The van der Waals surface area contributed by atoms with Gasteiger partial charge in [0, 0.05) is 29.5 Å². The first kappa shape index (κ1) is 23.9. The van der Waals surface area contributed by atoms with Crippen LogP contribution in [-0.2, 0) is 11.3 Å². The third-order valence-corrected chi connectivity index (χ3v) is 5.82. The molecule has 35 heavy (non-hydrogen) atoms. The number of carboxylic acid groups (broad SMARTS) is 1. The molecule has 7 nitrogen and oxygen atoms in total. The molecule has 1 atom stereocenters. The number of carbonyl (C=O) groups is 3. The van der Waals surface area contributed by atoms with Crippen LogP contribution in [0.1, 0.15) is 29.8 Å². The van der Waals surface area contributed by atoms with Crippen molar-refractivity contribution in [3.05, 3.63) is 83.4 Å². The third-order valence-electron chi connectivity index (χ3n) is 5.82. The molecule has 0 bridgehead atoms. The molecule has 1 aliphatic rings. The summed E-state index contributed by atoms with van der Waals surface area (Å²) >= 11 is 0. The average Bonchev–Trinajstić information content (AvgIpc) is 3.11. The largest absolute Gasteiger partial charge is 0.480 e. The molecular formula is C26H23F2N3O4. The number of nitrogens with one attached hydrogen (secondary N) is 2. The van der Waals surface area contributed by atoms with Crippen molar-refractivity contribution >= 4 is 29.3 Å². The van der Waals surface area contributed by atoms with Gasteiger partial charge in [0.15, 0.2) is 11.6 Å². The van der Waals surface area contributed by atoms with Gasteiger partial charge in [-0.25, -0.2) is 18.4 Å². The summed E-state index contributed by atoms with van der Waals surface area (Å²) in [5.74, 6) is -3.64. The summed E-state index contributed by atoms with van der Waals surface area (Å²) in [5, 5.41) is 14.6. The Morgan fingerprint density at radius 2 is 1.51 bits per heavy atom. The van der Waals surface area contributed by atoms with E-state index in [0.29, 0.717) is 11.3 Å². The molecule has 3 aromatic rings. The standard InChI is InChI=1S/C26H23F2N3O4/c1-14(2)23(25(33)34)31-13-17-4-3-16(11-20(17)24(31)32)15-5-7-18(8-6-15)29-26(35)30-19-9-10-21(27)22(28)12-19/h3-12,14,23H,13H2,1-2H3,(H,33,34)(H2,29,30,35)/t23-/m0/s1. The van der Waals surface area contributed by atoms with E-state index in [4.69, 9.17) is 0 Å². The Morgan fingerprint density at radius 1 is 0.886 bits per heavy atom. The lowest BCUT2D eigenvalue weighted by atomic mass is 10.00. The minimum atomic E-state index is -1.06. The second-order valence-electron chi connectivity index (χ2n) is 8.62. The first-order chi connectivity index (χ1) is 16.6. The average molecular weight is 479 g/mol. The van der Waals surface area contributed by atoms with Gasteiger partial charge in [-0.1, -0.05) is 38.1 Å². The highest BCUT2D eigenvalue weighted by Crippen LogP contribution is 2.31. The van der Waals surface area contributed by atoms with Crippen LogP contribution in [0.15, 0.2) is 60.7 Å². The molecule has 4 rings (SSSR count). The van der Waals surface area contributed by atoms with E-state index in [1.165, 1.54) is 11.0 Å². The molecule has 9 heteroatoms. The van der Waals surface area contributed by atoms with Gasteiger partial charge in [0.05, 0.1) is 0 Å². The van der Waals surface area contributed by atoms with E-state index in [1.807, 2.05) is 12.1 Å². The minimum Gasteiger partial charge on any atom is -0.480 e. The van der Waals surface area contributed by atoms with Crippen molar-refractivity contribution in [1.29, 1.82) is 0 Å². The number of hydrogen-bond acceptors (Lipinski definition) is 3. The number of urea groups is 1. The smallest absolute Gasteiger partial charge is 0.326 e. The number of anilines is 2. The first-order valence-electron chi connectivity index (χ1n) is 10.9. The van der Waals surface area contributed by atoms with Gasteiger partial charge in [0.2, 0.25) is 0 Å². The lowest BCUT2D eigenvalue weighted by Gasteiger charge is -2.27. The highest BCUT2D eigenvalue weighted by Gasteiger charge is 2.38. The first-order valence-corrected chi connectivity index (χ1v) is 10.9. The van der Waals surface area contributed by atoms with Gasteiger partial charge in [-0.3, -0.25) is 4.79 Å². The number of nitrogens with zero attached hydrogens (tertiary/aromatic N) is 1. The van der Waals surface area contributed by atoms with Crippen LogP contribution in [-0.4, -0.2) is 34.0 Å². The van der Waals surface area contributed by atoms with Crippen molar-refractivity contribution in [2.75, 3.05) is 10.6 Å². The van der Waals surface area contributed by atoms with Gasteiger partial charge in [-0.2, -0.15) is 0 Å². The summed E-state index contributed by atoms with van der Waals surface area (Å²) < 4.78 is 26.3. The van der Waals surface area contributed by atoms with E-state index < -0.39 is 29.7 Å². The zero-order chi connectivity index (χ0) is 25.3. The molecule has 3 N–H and O–H groups in total. The zero-order valence-electron chi connectivity index (χ0n) is 19.0. The van der Waals surface area contributed by atoms with E-state index in [2.05, 4.69) is 10.6 Å². The van der Waals surface area contributed by atoms with Crippen molar-refractivity contribution in [2.45, 2.75) is 26.4 Å². The Labute approximate surface area is 200 Å². The summed E-state index contributed by atoms with van der Waals surface area (Å²) in [5.41, 5.74) is 3.40. The maximum Gasteiger partial charge on any atom is 0.326 e. The molecule has 1 aliphatic heterocycles. The molecule has 0 saturated carbocycles. The van der Waals surface area contributed by atoms with Crippen molar-refractivity contribution in [3.63, 3.8) is 0 Å². The number of fused-ring (bicyclic) bond motifs is 1. The summed E-state index contributed by atoms with van der Waals surface area (Å²) in [6.07, 6.45) is 0. The second-order valence-corrected chi connectivity index (χ2v) is 8.62. The van der Waals surface area contributed by atoms with Crippen LogP contribution in [0.25, 0.3) is 11.1 Å². The summed E-state index contributed by atoms with van der Waals surface area (Å²) in [7, 11) is 0. The number of halogens is 2. The Bertz CT molecular complexity index is 1310. The molecule has 0 fully saturated rings. The summed E-state index contributed by atoms with van der Waals surface area (Å²) in [6, 6.07) is 13.8. The van der Waals surface area contributed by atoms with Gasteiger partial charge in [0.25, 0.3) is 5.91 Å². The topological polar surface area (TPSA) is 98.7 Å². The molecule has 3 aromatic carbocycles. The number of amides is 3. The van der Waals surface area contributed by atoms with Gasteiger partial charge in [-0.05, 0) is 52.9 Å². The fourth-order valence-corrected chi connectivity index (χ4v) is 4.12. The molecular weight excluding hydrogens is 456 g/mol. The van der Waals surface area contributed by atoms with Crippen LogP contribution < -0.4 is 10.6 Å². The lowest BCUT2D eigenvalue weighted by Crippen LogP contribution is -2.44. The number of benzene rings is 3. The lowest BCUT2D eigenvalue weighted by molar-refractivity contribution is -0.144. The molecule has 0 radical (unpaired) electrons. The van der Waals surface area contributed by atoms with Crippen molar-refractivity contribution in [1.82, 2.24) is 4.90 Å². The molecule has 0 aliphatic carbocycles. The van der Waals surface area contributed by atoms with E-state index in [9.17, 15) is 28.3 Å². The van der Waals surface area contributed by atoms with Gasteiger partial charge in [0.1, 0.15) is 6.04 Å². The molecule has 180 valence electrons. The Balaban J connectivity index is 1.46. The van der Waals surface area contributed by atoms with Gasteiger partial charge < -0.3 is 20.6 Å². The fourth-order valence-electron chi connectivity index (χ4n) is 4.12. The molecule has 0 spiro atoms. The van der Waals surface area contributed by atoms with E-state index in [0.717, 1.165) is 28.8 Å². The van der Waals surface area contributed by atoms with Crippen LogP contribution in [0.3, 0.4) is 0 Å². The monoisotopic (exact) mass is 479 g/mol. The second kappa shape index (κ2) is 9.54. The van der Waals surface area contributed by atoms with E-state index >= 15 is 0 Å². The maximum atomic E-state index is 13.3. The highest BCUT2D eigenvalue weighted by atomic mass is 19.2. The summed E-state index contributed by atoms with van der Waals surface area (Å²) in [6.45, 7) is 3.79. The molecule has 1 heterocycles. The van der Waals surface area contributed by atoms with Crippen LogP contribution in [0.5, 0.6) is 0 Å². The SMILES string of the molecule is CC(C)[C@@H](C(=O)O)N1Cc2ccc(-c3ccc(NC(=O)Nc4ccc(F)c(F)c4)cc3)cc2C1=O. The molecule has 3 amide bonds. The molecule has 0 unspecified atom stereocenters. The van der Waals surface area contributed by atoms with Gasteiger partial charge >= 0.3 is 12.0 Å². The quantitative estimate of drug-likeness (QED) is 0.444. The zero-order valence-corrected chi connectivity index (χ0v) is 19.0.